The van der Waals surface area contributed by atoms with Crippen LogP contribution in [0.3, 0.4) is 0 Å². The number of nitro benzene ring substituents is 1. The molecule has 0 aliphatic carbocycles. The van der Waals surface area contributed by atoms with E-state index in [1.807, 2.05) is 28.8 Å². The van der Waals surface area contributed by atoms with Crippen LogP contribution in [-0.2, 0) is 4.79 Å². The Morgan fingerprint density at radius 1 is 1.29 bits per heavy atom. The number of methoxy groups -OCH3 is 1. The van der Waals surface area contributed by atoms with E-state index in [0.29, 0.717) is 5.16 Å². The lowest BCUT2D eigenvalue weighted by molar-refractivity contribution is -0.384. The van der Waals surface area contributed by atoms with Gasteiger partial charge in [-0.2, -0.15) is 0 Å². The Labute approximate surface area is 165 Å². The number of hydrogen-bond acceptors (Lipinski definition) is 6. The van der Waals surface area contributed by atoms with Crippen molar-refractivity contribution in [2.45, 2.75) is 12.1 Å². The SMILES string of the molecule is COc1ccc(-n2ccnc2SCC(=O)Nc2ccc(C)cc2[N+](=O)[O-])cc1. The summed E-state index contributed by atoms with van der Waals surface area (Å²) in [6.45, 7) is 1.76. The van der Waals surface area contributed by atoms with Crippen molar-refractivity contribution in [2.24, 2.45) is 0 Å². The summed E-state index contributed by atoms with van der Waals surface area (Å²) in [7, 11) is 1.60. The summed E-state index contributed by atoms with van der Waals surface area (Å²) in [5.41, 5.74) is 1.69. The fourth-order valence-electron chi connectivity index (χ4n) is 2.55. The number of ether oxygens (including phenoxy) is 1. The molecule has 3 rings (SSSR count). The molecule has 1 heterocycles. The van der Waals surface area contributed by atoms with E-state index in [-0.39, 0.29) is 23.0 Å². The summed E-state index contributed by atoms with van der Waals surface area (Å²) in [5, 5.41) is 14.4. The van der Waals surface area contributed by atoms with E-state index in [1.165, 1.54) is 23.9 Å². The molecule has 2 aromatic carbocycles. The Morgan fingerprint density at radius 2 is 2.04 bits per heavy atom. The van der Waals surface area contributed by atoms with E-state index in [1.54, 1.807) is 32.5 Å². The van der Waals surface area contributed by atoms with Gasteiger partial charge in [0.25, 0.3) is 5.69 Å². The molecule has 0 bridgehead atoms. The smallest absolute Gasteiger partial charge is 0.293 e. The van der Waals surface area contributed by atoms with Gasteiger partial charge < -0.3 is 10.1 Å². The zero-order chi connectivity index (χ0) is 20.1. The number of aryl methyl sites for hydroxylation is 1. The van der Waals surface area contributed by atoms with E-state index in [9.17, 15) is 14.9 Å². The summed E-state index contributed by atoms with van der Waals surface area (Å²) in [6.07, 6.45) is 3.45. The molecule has 0 unspecified atom stereocenters. The monoisotopic (exact) mass is 398 g/mol. The quantitative estimate of drug-likeness (QED) is 0.369. The van der Waals surface area contributed by atoms with Crippen LogP contribution in [0.4, 0.5) is 11.4 Å². The predicted molar refractivity (Wildman–Crippen MR) is 107 cm³/mol. The number of carbonyl (C=O) groups is 1. The Bertz CT molecular complexity index is 1000. The number of benzene rings is 2. The highest BCUT2D eigenvalue weighted by Crippen LogP contribution is 2.26. The second kappa shape index (κ2) is 8.57. The summed E-state index contributed by atoms with van der Waals surface area (Å²) in [4.78, 5) is 27.2. The molecule has 0 saturated carbocycles. The molecule has 0 aliphatic heterocycles. The Kier molecular flexibility index (Phi) is 5.95. The van der Waals surface area contributed by atoms with E-state index >= 15 is 0 Å². The lowest BCUT2D eigenvalue weighted by Crippen LogP contribution is -2.15. The van der Waals surface area contributed by atoms with Crippen molar-refractivity contribution < 1.29 is 14.5 Å². The number of carbonyl (C=O) groups excluding carboxylic acids is 1. The third kappa shape index (κ3) is 4.49. The minimum absolute atomic E-state index is 0.0677. The number of amides is 1. The number of aromatic nitrogens is 2. The molecule has 0 fully saturated rings. The zero-order valence-corrected chi connectivity index (χ0v) is 16.1. The van der Waals surface area contributed by atoms with Gasteiger partial charge in [-0.3, -0.25) is 19.5 Å². The van der Waals surface area contributed by atoms with Crippen LogP contribution < -0.4 is 10.1 Å². The van der Waals surface area contributed by atoms with Crippen LogP contribution in [-0.4, -0.2) is 33.2 Å². The number of imidazole rings is 1. The number of nitro groups is 1. The molecule has 1 aromatic heterocycles. The van der Waals surface area contributed by atoms with Gasteiger partial charge in [-0.15, -0.1) is 0 Å². The lowest BCUT2D eigenvalue weighted by atomic mass is 10.2. The van der Waals surface area contributed by atoms with Crippen LogP contribution in [0.5, 0.6) is 5.75 Å². The molecule has 0 spiro atoms. The van der Waals surface area contributed by atoms with Crippen LogP contribution in [0.1, 0.15) is 5.56 Å². The van der Waals surface area contributed by atoms with Crippen LogP contribution in [0.2, 0.25) is 0 Å². The van der Waals surface area contributed by atoms with Gasteiger partial charge in [0.15, 0.2) is 5.16 Å². The third-order valence-electron chi connectivity index (χ3n) is 3.91. The van der Waals surface area contributed by atoms with Crippen molar-refractivity contribution in [2.75, 3.05) is 18.2 Å². The van der Waals surface area contributed by atoms with Gasteiger partial charge in [0.1, 0.15) is 11.4 Å². The highest BCUT2D eigenvalue weighted by atomic mass is 32.2. The lowest BCUT2D eigenvalue weighted by Gasteiger charge is -2.09. The molecular formula is C19H18N4O4S. The number of hydrogen-bond donors (Lipinski definition) is 1. The fourth-order valence-corrected chi connectivity index (χ4v) is 3.32. The minimum atomic E-state index is -0.508. The third-order valence-corrected chi connectivity index (χ3v) is 4.88. The second-order valence-electron chi connectivity index (χ2n) is 5.89. The van der Waals surface area contributed by atoms with Crippen LogP contribution >= 0.6 is 11.8 Å². The topological polar surface area (TPSA) is 99.3 Å². The minimum Gasteiger partial charge on any atom is -0.497 e. The highest BCUT2D eigenvalue weighted by Gasteiger charge is 2.17. The predicted octanol–water partition coefficient (Wildman–Crippen LogP) is 3.83. The first-order valence-electron chi connectivity index (χ1n) is 8.33. The van der Waals surface area contributed by atoms with Crippen molar-refractivity contribution in [1.29, 1.82) is 0 Å². The van der Waals surface area contributed by atoms with Crippen molar-refractivity contribution in [3.05, 3.63) is 70.5 Å². The van der Waals surface area contributed by atoms with Gasteiger partial charge >= 0.3 is 0 Å². The van der Waals surface area contributed by atoms with Crippen molar-refractivity contribution in [1.82, 2.24) is 9.55 Å². The zero-order valence-electron chi connectivity index (χ0n) is 15.3. The maximum absolute atomic E-state index is 12.3. The van der Waals surface area contributed by atoms with Gasteiger partial charge in [0.05, 0.1) is 17.8 Å². The Morgan fingerprint density at radius 3 is 2.71 bits per heavy atom. The maximum Gasteiger partial charge on any atom is 0.293 e. The molecule has 0 saturated heterocycles. The van der Waals surface area contributed by atoms with Gasteiger partial charge in [-0.05, 0) is 42.8 Å². The summed E-state index contributed by atoms with van der Waals surface area (Å²) in [5.74, 6) is 0.469. The number of nitrogens with one attached hydrogen (secondary N) is 1. The molecule has 144 valence electrons. The number of thioether (sulfide) groups is 1. The van der Waals surface area contributed by atoms with Crippen LogP contribution in [0.25, 0.3) is 5.69 Å². The van der Waals surface area contributed by atoms with E-state index < -0.39 is 4.92 Å². The van der Waals surface area contributed by atoms with Crippen LogP contribution in [0.15, 0.2) is 60.0 Å². The molecule has 0 radical (unpaired) electrons. The number of rotatable bonds is 7. The van der Waals surface area contributed by atoms with E-state index in [2.05, 4.69) is 10.3 Å². The normalized spacial score (nSPS) is 10.5. The molecule has 3 aromatic rings. The molecule has 28 heavy (non-hydrogen) atoms. The average molecular weight is 398 g/mol. The number of anilines is 1. The fraction of sp³-hybridized carbons (Fsp3) is 0.158. The summed E-state index contributed by atoms with van der Waals surface area (Å²) >= 11 is 1.24. The van der Waals surface area contributed by atoms with Gasteiger partial charge in [0, 0.05) is 24.1 Å². The van der Waals surface area contributed by atoms with Crippen molar-refractivity contribution in [3.8, 4) is 11.4 Å². The maximum atomic E-state index is 12.3. The summed E-state index contributed by atoms with van der Waals surface area (Å²) < 4.78 is 7.01. The van der Waals surface area contributed by atoms with E-state index in [0.717, 1.165) is 17.0 Å². The van der Waals surface area contributed by atoms with Gasteiger partial charge in [0.2, 0.25) is 5.91 Å². The largest absolute Gasteiger partial charge is 0.497 e. The van der Waals surface area contributed by atoms with Crippen molar-refractivity contribution >= 4 is 29.0 Å². The van der Waals surface area contributed by atoms with Gasteiger partial charge in [-0.25, -0.2) is 4.98 Å². The van der Waals surface area contributed by atoms with Crippen molar-refractivity contribution in [3.63, 3.8) is 0 Å². The molecule has 9 heteroatoms. The van der Waals surface area contributed by atoms with Gasteiger partial charge in [-0.1, -0.05) is 17.8 Å². The standard InChI is InChI=1S/C19H18N4O4S/c1-13-3-8-16(17(11-13)23(25)26)21-18(24)12-28-19-20-9-10-22(19)14-4-6-15(27-2)7-5-14/h3-11H,12H2,1-2H3,(H,21,24). The molecule has 1 N–H and O–H groups in total. The molecule has 0 aliphatic rings. The Balaban J connectivity index is 1.68. The number of nitrogens with zero attached hydrogens (tertiary/aromatic N) is 3. The molecule has 0 atom stereocenters. The first-order chi connectivity index (χ1) is 13.5. The molecule has 1 amide bonds. The first kappa shape index (κ1) is 19.4. The average Bonchev–Trinajstić information content (AvgIpc) is 3.16. The summed E-state index contributed by atoms with van der Waals surface area (Å²) in [6, 6.07) is 12.1. The first-order valence-corrected chi connectivity index (χ1v) is 9.32. The van der Waals surface area contributed by atoms with E-state index in [4.69, 9.17) is 4.74 Å². The molecule has 8 nitrogen and oxygen atoms in total. The van der Waals surface area contributed by atoms with Crippen LogP contribution in [0, 0.1) is 17.0 Å². The Hall–Kier alpha value is -3.33. The second-order valence-corrected chi connectivity index (χ2v) is 6.83. The molecular weight excluding hydrogens is 380 g/mol. The highest BCUT2D eigenvalue weighted by molar-refractivity contribution is 7.99.